The first kappa shape index (κ1) is 22.2. The van der Waals surface area contributed by atoms with Crippen molar-refractivity contribution in [3.05, 3.63) is 34.4 Å². The van der Waals surface area contributed by atoms with Gasteiger partial charge in [0.2, 0.25) is 5.91 Å². The van der Waals surface area contributed by atoms with Crippen molar-refractivity contribution in [1.82, 2.24) is 15.5 Å². The number of hydrogen-bond acceptors (Lipinski definition) is 5. The zero-order valence-electron chi connectivity index (χ0n) is 16.3. The van der Waals surface area contributed by atoms with E-state index in [-0.39, 0.29) is 11.6 Å². The molecule has 0 saturated heterocycles. The molecule has 1 aromatic rings. The molecule has 1 rings (SSSR count). The molecule has 0 aliphatic carbocycles. The lowest BCUT2D eigenvalue weighted by Crippen LogP contribution is -2.40. The fourth-order valence-electron chi connectivity index (χ4n) is 2.50. The molecule has 1 aromatic carbocycles. The highest BCUT2D eigenvalue weighted by atomic mass is 16.6. The molecule has 9 heteroatoms. The molecule has 0 bridgehead atoms. The molecule has 150 valence electrons. The zero-order valence-corrected chi connectivity index (χ0v) is 16.3. The summed E-state index contributed by atoms with van der Waals surface area (Å²) >= 11 is 0. The largest absolute Gasteiger partial charge is 0.378 e. The van der Waals surface area contributed by atoms with E-state index in [1.807, 2.05) is 20.8 Å². The molecule has 0 fully saturated rings. The Morgan fingerprint density at radius 1 is 1.15 bits per heavy atom. The molecule has 3 N–H and O–H groups in total. The number of nitro groups is 1. The first-order chi connectivity index (χ1) is 13.0. The Morgan fingerprint density at radius 2 is 1.85 bits per heavy atom. The molecule has 0 aliphatic heterocycles. The van der Waals surface area contributed by atoms with Crippen molar-refractivity contribution < 1.29 is 9.72 Å². The van der Waals surface area contributed by atoms with Gasteiger partial charge in [0, 0.05) is 45.2 Å². The highest BCUT2D eigenvalue weighted by Gasteiger charge is 2.11. The number of amides is 1. The molecule has 0 unspecified atom stereocenters. The van der Waals surface area contributed by atoms with Crippen LogP contribution in [-0.4, -0.2) is 61.0 Å². The Labute approximate surface area is 160 Å². The van der Waals surface area contributed by atoms with Gasteiger partial charge in [0.05, 0.1) is 11.5 Å². The minimum atomic E-state index is -0.409. The van der Waals surface area contributed by atoms with Crippen LogP contribution in [0.15, 0.2) is 29.3 Å². The van der Waals surface area contributed by atoms with Crippen LogP contribution in [-0.2, 0) is 4.79 Å². The summed E-state index contributed by atoms with van der Waals surface area (Å²) in [5, 5.41) is 20.3. The maximum absolute atomic E-state index is 12.0. The van der Waals surface area contributed by atoms with Crippen LogP contribution in [0.5, 0.6) is 0 Å². The Bertz CT molecular complexity index is 631. The van der Waals surface area contributed by atoms with Gasteiger partial charge in [-0.2, -0.15) is 0 Å². The van der Waals surface area contributed by atoms with Gasteiger partial charge in [-0.3, -0.25) is 19.9 Å². The topological polar surface area (TPSA) is 112 Å². The van der Waals surface area contributed by atoms with E-state index in [0.29, 0.717) is 57.3 Å². The van der Waals surface area contributed by atoms with Crippen LogP contribution in [0.25, 0.3) is 0 Å². The molecule has 0 radical (unpaired) electrons. The van der Waals surface area contributed by atoms with Crippen LogP contribution in [0.3, 0.4) is 0 Å². The monoisotopic (exact) mass is 378 g/mol. The lowest BCUT2D eigenvalue weighted by Gasteiger charge is -2.18. The van der Waals surface area contributed by atoms with Crippen LogP contribution in [0.4, 0.5) is 11.4 Å². The van der Waals surface area contributed by atoms with E-state index in [4.69, 9.17) is 0 Å². The van der Waals surface area contributed by atoms with E-state index >= 15 is 0 Å². The quantitative estimate of drug-likeness (QED) is 0.178. The van der Waals surface area contributed by atoms with Crippen LogP contribution in [0.2, 0.25) is 0 Å². The second-order valence-corrected chi connectivity index (χ2v) is 5.70. The molecule has 9 nitrogen and oxygen atoms in total. The number of aliphatic imine (C=N–C) groups is 1. The van der Waals surface area contributed by atoms with Gasteiger partial charge >= 0.3 is 0 Å². The minimum Gasteiger partial charge on any atom is -0.378 e. The maximum atomic E-state index is 12.0. The number of anilines is 1. The molecule has 0 spiro atoms. The van der Waals surface area contributed by atoms with Crippen molar-refractivity contribution in [1.29, 1.82) is 0 Å². The highest BCUT2D eigenvalue weighted by Crippen LogP contribution is 2.22. The van der Waals surface area contributed by atoms with Gasteiger partial charge in [0.25, 0.3) is 5.69 Å². The molecule has 0 aromatic heterocycles. The molecule has 0 saturated carbocycles. The summed E-state index contributed by atoms with van der Waals surface area (Å²) in [6.07, 6.45) is 0.368. The van der Waals surface area contributed by atoms with E-state index in [1.54, 1.807) is 23.1 Å². The zero-order chi connectivity index (χ0) is 20.1. The molecule has 0 heterocycles. The molecule has 0 atom stereocenters. The predicted octanol–water partition coefficient (Wildman–Crippen LogP) is 1.82. The number of carbonyl (C=O) groups is 1. The van der Waals surface area contributed by atoms with Crippen LogP contribution < -0.4 is 16.0 Å². The number of nitrogens with one attached hydrogen (secondary N) is 3. The minimum absolute atomic E-state index is 0.0491. The van der Waals surface area contributed by atoms with Gasteiger partial charge < -0.3 is 20.9 Å². The van der Waals surface area contributed by atoms with Gasteiger partial charge in [0.1, 0.15) is 5.69 Å². The molecule has 0 aliphatic rings. The van der Waals surface area contributed by atoms with Gasteiger partial charge in [-0.1, -0.05) is 12.1 Å². The van der Waals surface area contributed by atoms with E-state index in [2.05, 4.69) is 20.9 Å². The molecular weight excluding hydrogens is 348 g/mol. The summed E-state index contributed by atoms with van der Waals surface area (Å²) in [6, 6.07) is 6.53. The second-order valence-electron chi connectivity index (χ2n) is 5.70. The first-order valence-corrected chi connectivity index (χ1v) is 9.30. The maximum Gasteiger partial charge on any atom is 0.292 e. The molecule has 27 heavy (non-hydrogen) atoms. The average Bonchev–Trinajstić information content (AvgIpc) is 2.66. The number of para-hydroxylation sites is 2. The summed E-state index contributed by atoms with van der Waals surface area (Å²) in [5.74, 6) is 0.715. The number of guanidine groups is 1. The van der Waals surface area contributed by atoms with Gasteiger partial charge in [-0.05, 0) is 26.8 Å². The first-order valence-electron chi connectivity index (χ1n) is 9.30. The van der Waals surface area contributed by atoms with Crippen molar-refractivity contribution in [3.63, 3.8) is 0 Å². The summed E-state index contributed by atoms with van der Waals surface area (Å²) in [5.41, 5.74) is 0.532. The van der Waals surface area contributed by atoms with Crippen molar-refractivity contribution >= 4 is 23.2 Å². The van der Waals surface area contributed by atoms with Crippen molar-refractivity contribution in [2.24, 2.45) is 4.99 Å². The van der Waals surface area contributed by atoms with Crippen molar-refractivity contribution in [2.75, 3.05) is 44.6 Å². The normalized spacial score (nSPS) is 11.0. The summed E-state index contributed by atoms with van der Waals surface area (Å²) in [4.78, 5) is 28.8. The Balaban J connectivity index is 2.46. The van der Waals surface area contributed by atoms with Crippen LogP contribution >= 0.6 is 0 Å². The van der Waals surface area contributed by atoms with E-state index < -0.39 is 4.92 Å². The third-order valence-corrected chi connectivity index (χ3v) is 3.89. The summed E-state index contributed by atoms with van der Waals surface area (Å²) < 4.78 is 0. The fourth-order valence-corrected chi connectivity index (χ4v) is 2.50. The lowest BCUT2D eigenvalue weighted by molar-refractivity contribution is -0.384. The smallest absolute Gasteiger partial charge is 0.292 e. The Kier molecular flexibility index (Phi) is 10.3. The number of rotatable bonds is 11. The fraction of sp³-hybridized carbons (Fsp3) is 0.556. The lowest BCUT2D eigenvalue weighted by atomic mass is 10.2. The van der Waals surface area contributed by atoms with E-state index in [0.717, 1.165) is 0 Å². The molecule has 1 amide bonds. The van der Waals surface area contributed by atoms with Gasteiger partial charge in [-0.25, -0.2) is 0 Å². The highest BCUT2D eigenvalue weighted by molar-refractivity contribution is 5.81. The van der Waals surface area contributed by atoms with Gasteiger partial charge in [-0.15, -0.1) is 0 Å². The third kappa shape index (κ3) is 7.93. The number of carbonyl (C=O) groups excluding carboxylic acids is 1. The van der Waals surface area contributed by atoms with Crippen LogP contribution in [0, 0.1) is 10.1 Å². The average molecular weight is 378 g/mol. The summed E-state index contributed by atoms with van der Waals surface area (Å²) in [6.45, 7) is 9.42. The van der Waals surface area contributed by atoms with Crippen molar-refractivity contribution in [3.8, 4) is 0 Å². The van der Waals surface area contributed by atoms with Crippen LogP contribution in [0.1, 0.15) is 27.2 Å². The standard InChI is InChI=1S/C18H30N6O3/c1-4-19-18(21-12-11-17(25)23(5-2)6-3)22-14-13-20-15-9-7-8-10-16(15)24(26)27/h7-10,20H,4-6,11-14H2,1-3H3,(H2,19,21,22). The summed E-state index contributed by atoms with van der Waals surface area (Å²) in [7, 11) is 0. The van der Waals surface area contributed by atoms with E-state index in [9.17, 15) is 14.9 Å². The second kappa shape index (κ2) is 12.5. The van der Waals surface area contributed by atoms with Gasteiger partial charge in [0.15, 0.2) is 5.96 Å². The number of benzene rings is 1. The predicted molar refractivity (Wildman–Crippen MR) is 108 cm³/mol. The number of hydrogen-bond donors (Lipinski definition) is 3. The molecular formula is C18H30N6O3. The Morgan fingerprint density at radius 3 is 2.48 bits per heavy atom. The third-order valence-electron chi connectivity index (χ3n) is 3.89. The van der Waals surface area contributed by atoms with Crippen molar-refractivity contribution in [2.45, 2.75) is 27.2 Å². The Hall–Kier alpha value is -2.84. The SMILES string of the molecule is CCNC(=NCCC(=O)N(CC)CC)NCCNc1ccccc1[N+](=O)[O-]. The van der Waals surface area contributed by atoms with E-state index in [1.165, 1.54) is 6.07 Å². The number of nitrogens with zero attached hydrogens (tertiary/aromatic N) is 3. The number of nitro benzene ring substituents is 1.